The van der Waals surface area contributed by atoms with Gasteiger partial charge in [0.05, 0.1) is 6.61 Å². The van der Waals surface area contributed by atoms with Gasteiger partial charge in [-0.05, 0) is 25.5 Å². The predicted octanol–water partition coefficient (Wildman–Crippen LogP) is 2.45. The Morgan fingerprint density at radius 1 is 1.27 bits per heavy atom. The van der Waals surface area contributed by atoms with Crippen molar-refractivity contribution >= 4 is 11.8 Å². The van der Waals surface area contributed by atoms with E-state index in [1.807, 2.05) is 26.0 Å². The van der Waals surface area contributed by atoms with E-state index in [2.05, 4.69) is 21.4 Å². The van der Waals surface area contributed by atoms with E-state index >= 15 is 0 Å². The Morgan fingerprint density at radius 2 is 2.05 bits per heavy atom. The van der Waals surface area contributed by atoms with E-state index in [9.17, 15) is 4.79 Å². The average molecular weight is 301 g/mol. The molecule has 2 N–H and O–H groups in total. The average Bonchev–Trinajstić information content (AvgIpc) is 2.49. The van der Waals surface area contributed by atoms with Crippen LogP contribution in [0.15, 0.2) is 24.3 Å². The van der Waals surface area contributed by atoms with Gasteiger partial charge in [0.2, 0.25) is 0 Å². The molecule has 2 rings (SSSR count). The number of nitrogens with zero attached hydrogens (tertiary/aromatic N) is 2. The quantitative estimate of drug-likeness (QED) is 0.852. The summed E-state index contributed by atoms with van der Waals surface area (Å²) in [6.45, 7) is 4.40. The Balaban J connectivity index is 2.05. The fraction of sp³-hybridized carbons (Fsp3) is 0.312. The highest BCUT2D eigenvalue weighted by atomic mass is 16.5. The molecule has 0 amide bonds. The van der Waals surface area contributed by atoms with Crippen LogP contribution in [0.2, 0.25) is 0 Å². The first kappa shape index (κ1) is 15.8. The first-order valence-electron chi connectivity index (χ1n) is 6.98. The molecule has 0 saturated heterocycles. The number of carbonyl (C=O) groups is 1. The molecular formula is C16H19N3O3. The number of carboxylic acid groups (broad SMARTS) is 1. The summed E-state index contributed by atoms with van der Waals surface area (Å²) in [5.74, 6) is 0.659. The van der Waals surface area contributed by atoms with Gasteiger partial charge in [-0.2, -0.15) is 0 Å². The Kier molecular flexibility index (Phi) is 4.93. The summed E-state index contributed by atoms with van der Waals surface area (Å²) in [5.41, 5.74) is 2.22. The molecule has 6 nitrogen and oxygen atoms in total. The molecule has 0 bridgehead atoms. The number of hydrogen-bond acceptors (Lipinski definition) is 5. The first-order chi connectivity index (χ1) is 10.5. The van der Waals surface area contributed by atoms with Crippen molar-refractivity contribution in [1.82, 2.24) is 9.97 Å². The van der Waals surface area contributed by atoms with Gasteiger partial charge in [-0.25, -0.2) is 14.8 Å². The third kappa shape index (κ3) is 3.94. The first-order valence-corrected chi connectivity index (χ1v) is 6.98. The van der Waals surface area contributed by atoms with Crippen molar-refractivity contribution in [3.05, 3.63) is 46.9 Å². The molecule has 0 aliphatic heterocycles. The van der Waals surface area contributed by atoms with Gasteiger partial charge in [0.25, 0.3) is 0 Å². The number of ether oxygens (including phenoxy) is 1. The van der Waals surface area contributed by atoms with Crippen LogP contribution in [0.3, 0.4) is 0 Å². The van der Waals surface area contributed by atoms with Gasteiger partial charge in [-0.3, -0.25) is 0 Å². The molecule has 0 aliphatic rings. The molecule has 6 heteroatoms. The number of carboxylic acids is 1. The van der Waals surface area contributed by atoms with E-state index in [0.29, 0.717) is 24.7 Å². The van der Waals surface area contributed by atoms with Crippen LogP contribution in [0.4, 0.5) is 5.82 Å². The summed E-state index contributed by atoms with van der Waals surface area (Å²) in [7, 11) is 1.68. The van der Waals surface area contributed by atoms with Crippen molar-refractivity contribution in [3.8, 4) is 5.75 Å². The molecule has 0 atom stereocenters. The molecule has 0 unspecified atom stereocenters. The fourth-order valence-electron chi connectivity index (χ4n) is 2.06. The highest BCUT2D eigenvalue weighted by Crippen LogP contribution is 2.18. The van der Waals surface area contributed by atoms with Gasteiger partial charge in [0.15, 0.2) is 5.69 Å². The maximum atomic E-state index is 11.0. The third-order valence-electron chi connectivity index (χ3n) is 3.16. The molecule has 1 aromatic heterocycles. The van der Waals surface area contributed by atoms with Crippen molar-refractivity contribution in [2.45, 2.75) is 20.3 Å². The smallest absolute Gasteiger partial charge is 0.354 e. The molecular weight excluding hydrogens is 282 g/mol. The molecule has 1 heterocycles. The van der Waals surface area contributed by atoms with Crippen LogP contribution >= 0.6 is 0 Å². The van der Waals surface area contributed by atoms with Gasteiger partial charge >= 0.3 is 5.97 Å². The summed E-state index contributed by atoms with van der Waals surface area (Å²) in [6, 6.07) is 7.37. The van der Waals surface area contributed by atoms with Gasteiger partial charge in [-0.1, -0.05) is 17.7 Å². The molecule has 0 aliphatic carbocycles. The van der Waals surface area contributed by atoms with Crippen LogP contribution < -0.4 is 10.1 Å². The van der Waals surface area contributed by atoms with Crippen LogP contribution in [0.25, 0.3) is 0 Å². The SMILES string of the molecule is CNc1cc(C(=O)O)nc(CCOc2ccc(C)cc2C)n1. The highest BCUT2D eigenvalue weighted by molar-refractivity contribution is 5.86. The minimum absolute atomic E-state index is 0.0270. The number of aromatic carboxylic acids is 1. The maximum absolute atomic E-state index is 11.0. The third-order valence-corrected chi connectivity index (χ3v) is 3.16. The second-order valence-electron chi connectivity index (χ2n) is 4.98. The van der Waals surface area contributed by atoms with Crippen LogP contribution in [-0.4, -0.2) is 34.7 Å². The number of anilines is 1. The predicted molar refractivity (Wildman–Crippen MR) is 83.7 cm³/mol. The molecule has 0 saturated carbocycles. The van der Waals surface area contributed by atoms with E-state index in [0.717, 1.165) is 11.3 Å². The van der Waals surface area contributed by atoms with Gasteiger partial charge in [-0.15, -0.1) is 0 Å². The standard InChI is InChI=1S/C16H19N3O3/c1-10-4-5-13(11(2)8-10)22-7-6-14-18-12(16(20)21)9-15(17-3)19-14/h4-5,8-9H,6-7H2,1-3H3,(H,20,21)(H,17,18,19). The van der Waals surface area contributed by atoms with Crippen molar-refractivity contribution < 1.29 is 14.6 Å². The number of rotatable bonds is 6. The van der Waals surface area contributed by atoms with E-state index in [1.165, 1.54) is 11.6 Å². The lowest BCUT2D eigenvalue weighted by Gasteiger charge is -2.10. The largest absolute Gasteiger partial charge is 0.493 e. The lowest BCUT2D eigenvalue weighted by atomic mass is 10.1. The normalized spacial score (nSPS) is 10.3. The van der Waals surface area contributed by atoms with E-state index in [4.69, 9.17) is 9.84 Å². The number of hydrogen-bond donors (Lipinski definition) is 2. The number of benzene rings is 1. The van der Waals surface area contributed by atoms with Crippen molar-refractivity contribution in [3.63, 3.8) is 0 Å². The lowest BCUT2D eigenvalue weighted by molar-refractivity contribution is 0.0690. The lowest BCUT2D eigenvalue weighted by Crippen LogP contribution is -2.11. The van der Waals surface area contributed by atoms with Crippen molar-refractivity contribution in [2.24, 2.45) is 0 Å². The summed E-state index contributed by atoms with van der Waals surface area (Å²) >= 11 is 0. The van der Waals surface area contributed by atoms with Crippen molar-refractivity contribution in [1.29, 1.82) is 0 Å². The minimum Gasteiger partial charge on any atom is -0.493 e. The van der Waals surface area contributed by atoms with Gasteiger partial charge in [0, 0.05) is 19.5 Å². The van der Waals surface area contributed by atoms with Crippen LogP contribution in [0.5, 0.6) is 5.75 Å². The topological polar surface area (TPSA) is 84.3 Å². The molecule has 0 spiro atoms. The second kappa shape index (κ2) is 6.89. The Hall–Kier alpha value is -2.63. The number of aryl methyl sites for hydroxylation is 2. The summed E-state index contributed by atoms with van der Waals surface area (Å²) < 4.78 is 5.72. The van der Waals surface area contributed by atoms with E-state index in [1.54, 1.807) is 7.05 Å². The summed E-state index contributed by atoms with van der Waals surface area (Å²) in [4.78, 5) is 19.3. The summed E-state index contributed by atoms with van der Waals surface area (Å²) in [6.07, 6.45) is 0.434. The second-order valence-corrected chi connectivity index (χ2v) is 4.98. The monoisotopic (exact) mass is 301 g/mol. The van der Waals surface area contributed by atoms with Crippen LogP contribution in [-0.2, 0) is 6.42 Å². The molecule has 2 aromatic rings. The zero-order chi connectivity index (χ0) is 16.1. The molecule has 0 fully saturated rings. The highest BCUT2D eigenvalue weighted by Gasteiger charge is 2.10. The van der Waals surface area contributed by atoms with Crippen LogP contribution in [0.1, 0.15) is 27.4 Å². The zero-order valence-electron chi connectivity index (χ0n) is 12.9. The number of aromatic nitrogens is 2. The van der Waals surface area contributed by atoms with Crippen LogP contribution in [0, 0.1) is 13.8 Å². The van der Waals surface area contributed by atoms with Gasteiger partial charge < -0.3 is 15.2 Å². The Bertz CT molecular complexity index is 686. The van der Waals surface area contributed by atoms with Gasteiger partial charge in [0.1, 0.15) is 17.4 Å². The molecule has 22 heavy (non-hydrogen) atoms. The molecule has 116 valence electrons. The van der Waals surface area contributed by atoms with E-state index in [-0.39, 0.29) is 5.69 Å². The summed E-state index contributed by atoms with van der Waals surface area (Å²) in [5, 5.41) is 11.9. The van der Waals surface area contributed by atoms with Crippen molar-refractivity contribution in [2.75, 3.05) is 19.0 Å². The molecule has 0 radical (unpaired) electrons. The Morgan fingerprint density at radius 3 is 2.68 bits per heavy atom. The number of nitrogens with one attached hydrogen (secondary N) is 1. The van der Waals surface area contributed by atoms with E-state index < -0.39 is 5.97 Å². The zero-order valence-corrected chi connectivity index (χ0v) is 12.9. The maximum Gasteiger partial charge on any atom is 0.354 e. The molecule has 1 aromatic carbocycles. The fourth-order valence-corrected chi connectivity index (χ4v) is 2.06. The Labute approximate surface area is 129 Å². The minimum atomic E-state index is -1.07.